The molecule has 2 saturated heterocycles. The van der Waals surface area contributed by atoms with E-state index in [1.807, 2.05) is 4.90 Å². The van der Waals surface area contributed by atoms with E-state index in [9.17, 15) is 9.59 Å². The Morgan fingerprint density at radius 3 is 2.76 bits per heavy atom. The number of nitrogens with one attached hydrogen (secondary N) is 1. The van der Waals surface area contributed by atoms with E-state index in [2.05, 4.69) is 5.32 Å². The van der Waals surface area contributed by atoms with E-state index in [0.29, 0.717) is 23.4 Å². The molecule has 6 nitrogen and oxygen atoms in total. The van der Waals surface area contributed by atoms with Gasteiger partial charge in [0, 0.05) is 31.7 Å². The van der Waals surface area contributed by atoms with Gasteiger partial charge in [0.2, 0.25) is 5.91 Å². The molecule has 136 valence electrons. The van der Waals surface area contributed by atoms with Crippen molar-refractivity contribution in [3.63, 3.8) is 0 Å². The van der Waals surface area contributed by atoms with Crippen LogP contribution in [0.5, 0.6) is 5.75 Å². The van der Waals surface area contributed by atoms with Crippen LogP contribution in [-0.2, 0) is 9.53 Å². The first-order valence-corrected chi connectivity index (χ1v) is 9.06. The quantitative estimate of drug-likeness (QED) is 0.860. The molecule has 0 saturated carbocycles. The SMILES string of the molecule is COc1ccc(C(=O)N2CCCC2)cc1NC(=O)CCC1CCCO1. The largest absolute Gasteiger partial charge is 0.495 e. The van der Waals surface area contributed by atoms with Gasteiger partial charge in [0.15, 0.2) is 0 Å². The third-order valence-electron chi connectivity index (χ3n) is 4.83. The summed E-state index contributed by atoms with van der Waals surface area (Å²) in [6, 6.07) is 5.20. The van der Waals surface area contributed by atoms with Crippen LogP contribution in [-0.4, -0.2) is 49.6 Å². The molecular weight excluding hydrogens is 320 g/mol. The topological polar surface area (TPSA) is 67.9 Å². The monoisotopic (exact) mass is 346 g/mol. The Bertz CT molecular complexity index is 620. The van der Waals surface area contributed by atoms with Crippen LogP contribution in [0, 0.1) is 0 Å². The highest BCUT2D eigenvalue weighted by Gasteiger charge is 2.21. The van der Waals surface area contributed by atoms with E-state index in [1.165, 1.54) is 0 Å². The predicted molar refractivity (Wildman–Crippen MR) is 95.0 cm³/mol. The molecule has 25 heavy (non-hydrogen) atoms. The molecule has 2 fully saturated rings. The van der Waals surface area contributed by atoms with E-state index in [0.717, 1.165) is 51.8 Å². The minimum absolute atomic E-state index is 0.00927. The van der Waals surface area contributed by atoms with Gasteiger partial charge in [-0.3, -0.25) is 9.59 Å². The molecule has 1 unspecified atom stereocenters. The van der Waals surface area contributed by atoms with Crippen molar-refractivity contribution in [3.8, 4) is 5.75 Å². The van der Waals surface area contributed by atoms with Gasteiger partial charge in [-0.1, -0.05) is 0 Å². The van der Waals surface area contributed by atoms with Gasteiger partial charge in [0.05, 0.1) is 18.9 Å². The molecule has 1 aromatic rings. The molecule has 2 aliphatic rings. The second-order valence-electron chi connectivity index (χ2n) is 6.64. The summed E-state index contributed by atoms with van der Waals surface area (Å²) in [5.74, 6) is 0.484. The summed E-state index contributed by atoms with van der Waals surface area (Å²) in [7, 11) is 1.55. The fraction of sp³-hybridized carbons (Fsp3) is 0.579. The first-order valence-electron chi connectivity index (χ1n) is 9.06. The van der Waals surface area contributed by atoms with Crippen molar-refractivity contribution in [1.82, 2.24) is 4.90 Å². The van der Waals surface area contributed by atoms with E-state index < -0.39 is 0 Å². The number of benzene rings is 1. The number of methoxy groups -OCH3 is 1. The molecule has 2 heterocycles. The summed E-state index contributed by atoms with van der Waals surface area (Å²) < 4.78 is 10.9. The van der Waals surface area contributed by atoms with E-state index in [1.54, 1.807) is 25.3 Å². The molecular formula is C19H26N2O4. The lowest BCUT2D eigenvalue weighted by molar-refractivity contribution is -0.116. The van der Waals surface area contributed by atoms with E-state index in [4.69, 9.17) is 9.47 Å². The van der Waals surface area contributed by atoms with Gasteiger partial charge in [-0.15, -0.1) is 0 Å². The normalized spacial score (nSPS) is 19.9. The first kappa shape index (κ1) is 17.7. The van der Waals surface area contributed by atoms with Gasteiger partial charge >= 0.3 is 0 Å². The second kappa shape index (κ2) is 8.34. The summed E-state index contributed by atoms with van der Waals surface area (Å²) in [5, 5.41) is 2.88. The molecule has 0 spiro atoms. The Kier molecular flexibility index (Phi) is 5.91. The van der Waals surface area contributed by atoms with Crippen LogP contribution >= 0.6 is 0 Å². The van der Waals surface area contributed by atoms with Gasteiger partial charge in [-0.25, -0.2) is 0 Å². The molecule has 0 aliphatic carbocycles. The van der Waals surface area contributed by atoms with E-state index >= 15 is 0 Å². The van der Waals surface area contributed by atoms with Crippen LogP contribution in [0.3, 0.4) is 0 Å². The lowest BCUT2D eigenvalue weighted by atomic mass is 10.1. The zero-order valence-corrected chi connectivity index (χ0v) is 14.8. The fourth-order valence-corrected chi connectivity index (χ4v) is 3.42. The van der Waals surface area contributed by atoms with Crippen molar-refractivity contribution in [1.29, 1.82) is 0 Å². The molecule has 0 bridgehead atoms. The molecule has 2 amide bonds. The van der Waals surface area contributed by atoms with Crippen LogP contribution in [0.2, 0.25) is 0 Å². The van der Waals surface area contributed by atoms with Crippen LogP contribution in [0.15, 0.2) is 18.2 Å². The summed E-state index contributed by atoms with van der Waals surface area (Å²) in [6.07, 6.45) is 5.51. The number of nitrogens with zero attached hydrogens (tertiary/aromatic N) is 1. The summed E-state index contributed by atoms with van der Waals surface area (Å²) in [4.78, 5) is 26.6. The number of amides is 2. The Labute approximate surface area is 148 Å². The number of carbonyl (C=O) groups is 2. The number of hydrogen-bond acceptors (Lipinski definition) is 4. The van der Waals surface area contributed by atoms with Crippen molar-refractivity contribution in [2.75, 3.05) is 32.1 Å². The maximum absolute atomic E-state index is 12.5. The summed E-state index contributed by atoms with van der Waals surface area (Å²) in [5.41, 5.74) is 1.13. The number of likely N-dealkylation sites (tertiary alicyclic amines) is 1. The van der Waals surface area contributed by atoms with Crippen molar-refractivity contribution in [2.24, 2.45) is 0 Å². The molecule has 1 N–H and O–H groups in total. The average Bonchev–Trinajstić information content (AvgIpc) is 3.33. The van der Waals surface area contributed by atoms with Crippen molar-refractivity contribution >= 4 is 17.5 Å². The smallest absolute Gasteiger partial charge is 0.253 e. The summed E-state index contributed by atoms with van der Waals surface area (Å²) in [6.45, 7) is 2.39. The fourth-order valence-electron chi connectivity index (χ4n) is 3.42. The zero-order valence-electron chi connectivity index (χ0n) is 14.8. The Balaban J connectivity index is 1.64. The number of carbonyl (C=O) groups excluding carboxylic acids is 2. The standard InChI is InChI=1S/C19H26N2O4/c1-24-17-8-6-14(19(23)21-10-2-3-11-21)13-16(17)20-18(22)9-7-15-5-4-12-25-15/h6,8,13,15H,2-5,7,9-12H2,1H3,(H,20,22). The highest BCUT2D eigenvalue weighted by Crippen LogP contribution is 2.27. The first-order chi connectivity index (χ1) is 12.2. The average molecular weight is 346 g/mol. The van der Waals surface area contributed by atoms with Crippen LogP contribution in [0.1, 0.15) is 48.9 Å². The van der Waals surface area contributed by atoms with Crippen molar-refractivity contribution in [2.45, 2.75) is 44.6 Å². The maximum Gasteiger partial charge on any atom is 0.253 e. The Hall–Kier alpha value is -2.08. The molecule has 1 aromatic carbocycles. The maximum atomic E-state index is 12.5. The second-order valence-corrected chi connectivity index (χ2v) is 6.64. The van der Waals surface area contributed by atoms with Crippen LogP contribution in [0.4, 0.5) is 5.69 Å². The minimum atomic E-state index is -0.0837. The van der Waals surface area contributed by atoms with Gasteiger partial charge in [0.1, 0.15) is 5.75 Å². The third-order valence-corrected chi connectivity index (χ3v) is 4.83. The molecule has 0 radical (unpaired) electrons. The molecule has 0 aromatic heterocycles. The third kappa shape index (κ3) is 4.51. The van der Waals surface area contributed by atoms with Crippen LogP contribution < -0.4 is 10.1 Å². The number of anilines is 1. The molecule has 1 atom stereocenters. The summed E-state index contributed by atoms with van der Waals surface area (Å²) >= 11 is 0. The highest BCUT2D eigenvalue weighted by molar-refractivity contribution is 5.98. The number of rotatable bonds is 6. The van der Waals surface area contributed by atoms with Crippen LogP contribution in [0.25, 0.3) is 0 Å². The predicted octanol–water partition coefficient (Wildman–Crippen LogP) is 2.83. The molecule has 3 rings (SSSR count). The van der Waals surface area contributed by atoms with Gasteiger partial charge < -0.3 is 19.7 Å². The Morgan fingerprint density at radius 2 is 2.08 bits per heavy atom. The van der Waals surface area contributed by atoms with Crippen molar-refractivity contribution < 1.29 is 19.1 Å². The Morgan fingerprint density at radius 1 is 1.28 bits per heavy atom. The molecule has 2 aliphatic heterocycles. The molecule has 6 heteroatoms. The highest BCUT2D eigenvalue weighted by atomic mass is 16.5. The zero-order chi connectivity index (χ0) is 17.6. The van der Waals surface area contributed by atoms with E-state index in [-0.39, 0.29) is 17.9 Å². The van der Waals surface area contributed by atoms with Gasteiger partial charge in [-0.2, -0.15) is 0 Å². The minimum Gasteiger partial charge on any atom is -0.495 e. The lowest BCUT2D eigenvalue weighted by Crippen LogP contribution is -2.27. The van der Waals surface area contributed by atoms with Crippen molar-refractivity contribution in [3.05, 3.63) is 23.8 Å². The number of hydrogen-bond donors (Lipinski definition) is 1. The van der Waals surface area contributed by atoms with Gasteiger partial charge in [0.25, 0.3) is 5.91 Å². The van der Waals surface area contributed by atoms with Gasteiger partial charge in [-0.05, 0) is 50.3 Å². The lowest BCUT2D eigenvalue weighted by Gasteiger charge is -2.17. The number of ether oxygens (including phenoxy) is 2.